The topological polar surface area (TPSA) is 29.1 Å². The molecule has 1 amide bonds. The number of rotatable bonds is 2. The van der Waals surface area contributed by atoms with Crippen LogP contribution in [-0.4, -0.2) is 5.91 Å². The van der Waals surface area contributed by atoms with Gasteiger partial charge in [0.15, 0.2) is 0 Å². The summed E-state index contributed by atoms with van der Waals surface area (Å²) in [6.45, 7) is 6.62. The van der Waals surface area contributed by atoms with Crippen molar-refractivity contribution in [2.45, 2.75) is 0 Å². The first-order chi connectivity index (χ1) is 3.66. The Balaban J connectivity index is 3.55. The third kappa shape index (κ3) is 3.61. The van der Waals surface area contributed by atoms with Crippen molar-refractivity contribution < 1.29 is 4.79 Å². The van der Waals surface area contributed by atoms with E-state index in [1.807, 2.05) is 0 Å². The SMILES string of the molecule is C=CC(=O)NC(=C)Br. The van der Waals surface area contributed by atoms with Gasteiger partial charge in [-0.3, -0.25) is 4.79 Å². The smallest absolute Gasteiger partial charge is 0.248 e. The second-order valence-corrected chi connectivity index (χ2v) is 2.06. The Hall–Kier alpha value is -0.570. The molecule has 0 saturated carbocycles. The van der Waals surface area contributed by atoms with Gasteiger partial charge in [-0.05, 0) is 22.0 Å². The summed E-state index contributed by atoms with van der Waals surface area (Å²) in [6, 6.07) is 0. The van der Waals surface area contributed by atoms with Crippen LogP contribution < -0.4 is 5.32 Å². The molecule has 0 heterocycles. The van der Waals surface area contributed by atoms with Crippen LogP contribution in [0.25, 0.3) is 0 Å². The van der Waals surface area contributed by atoms with Crippen molar-refractivity contribution in [2.24, 2.45) is 0 Å². The van der Waals surface area contributed by atoms with Crippen LogP contribution in [0.3, 0.4) is 0 Å². The second kappa shape index (κ2) is 3.43. The molecule has 44 valence electrons. The zero-order valence-corrected chi connectivity index (χ0v) is 5.86. The Kier molecular flexibility index (Phi) is 3.19. The molecule has 3 heteroatoms. The lowest BCUT2D eigenvalue weighted by molar-refractivity contribution is -0.115. The minimum atomic E-state index is -0.258. The van der Waals surface area contributed by atoms with Crippen molar-refractivity contribution >= 4 is 21.8 Å². The molecule has 2 nitrogen and oxygen atoms in total. The zero-order chi connectivity index (χ0) is 6.57. The highest BCUT2D eigenvalue weighted by Crippen LogP contribution is 1.92. The number of amides is 1. The molecule has 0 aliphatic carbocycles. The Morgan fingerprint density at radius 3 is 2.38 bits per heavy atom. The molecule has 0 aliphatic heterocycles. The average molecular weight is 176 g/mol. The molecule has 0 radical (unpaired) electrons. The van der Waals surface area contributed by atoms with Gasteiger partial charge in [0.25, 0.3) is 0 Å². The van der Waals surface area contributed by atoms with Crippen LogP contribution in [-0.2, 0) is 4.79 Å². The number of carbonyl (C=O) groups is 1. The average Bonchev–Trinajstić information content (AvgIpc) is 1.65. The van der Waals surface area contributed by atoms with E-state index in [0.717, 1.165) is 0 Å². The van der Waals surface area contributed by atoms with E-state index in [-0.39, 0.29) is 5.91 Å². The summed E-state index contributed by atoms with van der Waals surface area (Å²) >= 11 is 2.94. The van der Waals surface area contributed by atoms with Gasteiger partial charge in [0.1, 0.15) is 0 Å². The van der Waals surface area contributed by atoms with E-state index in [1.54, 1.807) is 0 Å². The molecule has 0 aromatic rings. The van der Waals surface area contributed by atoms with Gasteiger partial charge in [0, 0.05) is 0 Å². The first-order valence-electron chi connectivity index (χ1n) is 1.94. The molecule has 0 aromatic heterocycles. The van der Waals surface area contributed by atoms with Crippen LogP contribution >= 0.6 is 15.9 Å². The van der Waals surface area contributed by atoms with Crippen molar-refractivity contribution in [2.75, 3.05) is 0 Å². The summed E-state index contributed by atoms with van der Waals surface area (Å²) in [6.07, 6.45) is 1.17. The molecular weight excluding hydrogens is 170 g/mol. The van der Waals surface area contributed by atoms with Crippen molar-refractivity contribution in [3.05, 3.63) is 23.8 Å². The van der Waals surface area contributed by atoms with Crippen LogP contribution in [0.2, 0.25) is 0 Å². The monoisotopic (exact) mass is 175 g/mol. The highest BCUT2D eigenvalue weighted by atomic mass is 79.9. The van der Waals surface area contributed by atoms with E-state index in [2.05, 4.69) is 34.4 Å². The van der Waals surface area contributed by atoms with Gasteiger partial charge in [-0.2, -0.15) is 0 Å². The van der Waals surface area contributed by atoms with E-state index in [1.165, 1.54) is 6.08 Å². The highest BCUT2D eigenvalue weighted by molar-refractivity contribution is 9.11. The van der Waals surface area contributed by atoms with Crippen molar-refractivity contribution in [3.63, 3.8) is 0 Å². The first kappa shape index (κ1) is 7.43. The van der Waals surface area contributed by atoms with Crippen LogP contribution in [0.4, 0.5) is 0 Å². The molecule has 0 atom stereocenters. The van der Waals surface area contributed by atoms with Crippen molar-refractivity contribution in [1.82, 2.24) is 5.32 Å². The van der Waals surface area contributed by atoms with E-state index in [0.29, 0.717) is 4.61 Å². The van der Waals surface area contributed by atoms with E-state index >= 15 is 0 Å². The number of halogens is 1. The minimum absolute atomic E-state index is 0.258. The maximum Gasteiger partial charge on any atom is 0.248 e. The van der Waals surface area contributed by atoms with Crippen LogP contribution in [0.1, 0.15) is 0 Å². The molecule has 0 fully saturated rings. The third-order valence-electron chi connectivity index (χ3n) is 0.444. The summed E-state index contributed by atoms with van der Waals surface area (Å²) in [5.74, 6) is -0.258. The maximum atomic E-state index is 10.3. The third-order valence-corrected chi connectivity index (χ3v) is 0.642. The number of hydrogen-bond donors (Lipinski definition) is 1. The predicted molar refractivity (Wildman–Crippen MR) is 36.4 cm³/mol. The van der Waals surface area contributed by atoms with Crippen LogP contribution in [0.15, 0.2) is 23.8 Å². The van der Waals surface area contributed by atoms with Crippen LogP contribution in [0.5, 0.6) is 0 Å². The Bertz CT molecular complexity index is 130. The molecule has 1 N–H and O–H groups in total. The van der Waals surface area contributed by atoms with Gasteiger partial charge in [-0.1, -0.05) is 13.2 Å². The largest absolute Gasteiger partial charge is 0.317 e. The molecule has 0 aliphatic rings. The molecular formula is C5H6BrNO. The summed E-state index contributed by atoms with van der Waals surface area (Å²) in [7, 11) is 0. The predicted octanol–water partition coefficient (Wildman–Crippen LogP) is 1.15. The Morgan fingerprint density at radius 2 is 2.25 bits per heavy atom. The number of nitrogens with one attached hydrogen (secondary N) is 1. The number of hydrogen-bond acceptors (Lipinski definition) is 1. The quantitative estimate of drug-likeness (QED) is 0.496. The molecule has 0 spiro atoms. The summed E-state index contributed by atoms with van der Waals surface area (Å²) in [5.41, 5.74) is 0. The summed E-state index contributed by atoms with van der Waals surface area (Å²) < 4.78 is 0.447. The number of carbonyl (C=O) groups excluding carboxylic acids is 1. The van der Waals surface area contributed by atoms with E-state index in [4.69, 9.17) is 0 Å². The molecule has 0 rings (SSSR count). The first-order valence-corrected chi connectivity index (χ1v) is 2.74. The lowest BCUT2D eigenvalue weighted by Crippen LogP contribution is -2.15. The molecule has 0 bridgehead atoms. The van der Waals surface area contributed by atoms with Gasteiger partial charge in [0.2, 0.25) is 5.91 Å². The van der Waals surface area contributed by atoms with E-state index in [9.17, 15) is 4.79 Å². The molecule has 0 saturated heterocycles. The Labute approximate surface area is 56.4 Å². The molecule has 8 heavy (non-hydrogen) atoms. The Morgan fingerprint density at radius 1 is 1.75 bits per heavy atom. The van der Waals surface area contributed by atoms with Crippen LogP contribution in [0, 0.1) is 0 Å². The van der Waals surface area contributed by atoms with Crippen molar-refractivity contribution in [3.8, 4) is 0 Å². The van der Waals surface area contributed by atoms with Gasteiger partial charge in [-0.15, -0.1) is 0 Å². The van der Waals surface area contributed by atoms with Crippen molar-refractivity contribution in [1.29, 1.82) is 0 Å². The zero-order valence-electron chi connectivity index (χ0n) is 4.28. The van der Waals surface area contributed by atoms with Gasteiger partial charge in [0.05, 0.1) is 4.61 Å². The maximum absolute atomic E-state index is 10.3. The normalized spacial score (nSPS) is 7.62. The summed E-state index contributed by atoms with van der Waals surface area (Å²) in [5, 5.41) is 2.36. The standard InChI is InChI=1S/C5H6BrNO/c1-3-5(8)7-4(2)6/h3H,1-2H2,(H,7,8). The fourth-order valence-electron chi connectivity index (χ4n) is 0.185. The lowest BCUT2D eigenvalue weighted by Gasteiger charge is -1.93. The fraction of sp³-hybridized carbons (Fsp3) is 0. The fourth-order valence-corrected chi connectivity index (χ4v) is 0.380. The summed E-state index contributed by atoms with van der Waals surface area (Å²) in [4.78, 5) is 10.3. The highest BCUT2D eigenvalue weighted by Gasteiger charge is 1.89. The van der Waals surface area contributed by atoms with Gasteiger partial charge < -0.3 is 5.32 Å². The second-order valence-electron chi connectivity index (χ2n) is 1.10. The molecule has 0 unspecified atom stereocenters. The van der Waals surface area contributed by atoms with Gasteiger partial charge in [-0.25, -0.2) is 0 Å². The lowest BCUT2D eigenvalue weighted by atomic mass is 10.6. The van der Waals surface area contributed by atoms with E-state index < -0.39 is 0 Å². The minimum Gasteiger partial charge on any atom is -0.317 e. The van der Waals surface area contributed by atoms with Gasteiger partial charge >= 0.3 is 0 Å². The molecule has 0 aromatic carbocycles.